The van der Waals surface area contributed by atoms with E-state index >= 15 is 0 Å². The smallest absolute Gasteiger partial charge is 0.424 e. The van der Waals surface area contributed by atoms with Gasteiger partial charge < -0.3 is 18.9 Å². The van der Waals surface area contributed by atoms with E-state index in [0.29, 0.717) is 53.5 Å². The zero-order valence-electron chi connectivity index (χ0n) is 43.0. The number of nitrogens with zero attached hydrogens (tertiary/aromatic N) is 8. The zero-order valence-corrected chi connectivity index (χ0v) is 44.6. The van der Waals surface area contributed by atoms with Crippen molar-refractivity contribution in [2.24, 2.45) is 9.98 Å². The molecule has 2 aliphatic heterocycles. The summed E-state index contributed by atoms with van der Waals surface area (Å²) in [7, 11) is 0. The van der Waals surface area contributed by atoms with Gasteiger partial charge in [-0.15, -0.1) is 22.7 Å². The maximum absolute atomic E-state index is 14.6. The number of rotatable bonds is 10. The third kappa shape index (κ3) is 9.76. The summed E-state index contributed by atoms with van der Waals surface area (Å²) in [6, 6.07) is 44.9. The maximum atomic E-state index is 14.6. The van der Waals surface area contributed by atoms with E-state index in [9.17, 15) is 48.9 Å². The number of hydrogen-bond acceptors (Lipinski definition) is 18. The molecule has 20 nitrogen and oxygen atoms in total. The van der Waals surface area contributed by atoms with E-state index in [2.05, 4.69) is 9.98 Å². The van der Waals surface area contributed by atoms with E-state index in [4.69, 9.17) is 18.9 Å². The van der Waals surface area contributed by atoms with Crippen molar-refractivity contribution in [2.45, 2.75) is 40.3 Å². The third-order valence-electron chi connectivity index (χ3n) is 13.3. The van der Waals surface area contributed by atoms with Crippen molar-refractivity contribution in [3.05, 3.63) is 190 Å². The van der Waals surface area contributed by atoms with E-state index in [-0.39, 0.29) is 68.4 Å². The fourth-order valence-electron chi connectivity index (χ4n) is 9.24. The van der Waals surface area contributed by atoms with Gasteiger partial charge in [-0.25, -0.2) is 38.3 Å². The molecule has 0 saturated heterocycles. The van der Waals surface area contributed by atoms with Gasteiger partial charge in [-0.2, -0.15) is 20.3 Å². The van der Waals surface area contributed by atoms with Gasteiger partial charge in [-0.1, -0.05) is 121 Å². The minimum Gasteiger partial charge on any atom is -0.444 e. The molecule has 5 aromatic carbocycles. The van der Waals surface area contributed by atoms with E-state index < -0.39 is 70.6 Å². The zero-order chi connectivity index (χ0) is 57.3. The lowest BCUT2D eigenvalue weighted by Gasteiger charge is -2.24. The van der Waals surface area contributed by atoms with Crippen LogP contribution in [0, 0.1) is 22.7 Å². The van der Waals surface area contributed by atoms with Crippen LogP contribution in [0.15, 0.2) is 178 Å². The van der Waals surface area contributed by atoms with E-state index in [1.807, 2.05) is 12.1 Å². The molecular weight excluding hydrogens is 1090 g/mol. The molecular formula is C60H38N8O12S2. The van der Waals surface area contributed by atoms with Crippen molar-refractivity contribution in [1.29, 1.82) is 10.5 Å². The van der Waals surface area contributed by atoms with Crippen LogP contribution in [0.25, 0.3) is 42.2 Å². The number of imide groups is 6. The second kappa shape index (κ2) is 22.1. The lowest BCUT2D eigenvalue weighted by Crippen LogP contribution is -2.50. The monoisotopic (exact) mass is 1130 g/mol. The van der Waals surface area contributed by atoms with Crippen LogP contribution in [0.4, 0.5) is 29.2 Å². The van der Waals surface area contributed by atoms with Crippen LogP contribution < -0.4 is 0 Å². The Morgan fingerprint density at radius 2 is 0.744 bits per heavy atom. The molecule has 0 saturated carbocycles. The fraction of sp³-hybridized carbons (Fsp3) is 0.100. The highest BCUT2D eigenvalue weighted by atomic mass is 32.1. The topological polar surface area (TPSA) is 262 Å². The van der Waals surface area contributed by atoms with Crippen molar-refractivity contribution in [3.8, 4) is 12.1 Å². The fourth-order valence-corrected chi connectivity index (χ4v) is 11.3. The lowest BCUT2D eigenvalue weighted by molar-refractivity contribution is -0.138. The summed E-state index contributed by atoms with van der Waals surface area (Å²) in [5.41, 5.74) is 1.50. The minimum absolute atomic E-state index is 0.104. The Kier molecular flexibility index (Phi) is 14.3. The first-order valence-electron chi connectivity index (χ1n) is 24.8. The van der Waals surface area contributed by atoms with Crippen LogP contribution in [-0.2, 0) is 64.6 Å². The number of thiophene rings is 2. The van der Waals surface area contributed by atoms with Gasteiger partial charge in [0.15, 0.2) is 0 Å². The molecule has 0 aliphatic carbocycles. The molecule has 4 aromatic heterocycles. The number of nitriles is 2. The largest absolute Gasteiger partial charge is 0.444 e. The molecule has 0 bridgehead atoms. The SMILES string of the molecule is CC1=C(C#N)C(=O)N(C(=O)OCc2ccccc2)C(=O)/C1=N/c1cc2c(s1)c1cc3c(cc1n2C(=O)OCc1ccccc1)c1sc(/N=C2/C(=O)N(C(=O)OCc4ccccc4)C(=O)C(C#N)=C2C)cc1n3C(=O)OCc1ccccc1. The molecule has 0 atom stereocenters. The van der Waals surface area contributed by atoms with Gasteiger partial charge in [0.2, 0.25) is 0 Å². The first-order valence-corrected chi connectivity index (χ1v) is 26.4. The first-order chi connectivity index (χ1) is 39.7. The number of fused-ring (bicyclic) bond motifs is 6. The molecule has 0 unspecified atom stereocenters. The highest BCUT2D eigenvalue weighted by Crippen LogP contribution is 2.46. The van der Waals surface area contributed by atoms with Gasteiger partial charge in [-0.3, -0.25) is 19.2 Å². The molecule has 9 aromatic rings. The quantitative estimate of drug-likeness (QED) is 0.0911. The summed E-state index contributed by atoms with van der Waals surface area (Å²) in [5.74, 6) is -4.67. The van der Waals surface area contributed by atoms with Gasteiger partial charge in [0.1, 0.15) is 71.1 Å². The molecule has 2 aliphatic rings. The summed E-state index contributed by atoms with van der Waals surface area (Å²) in [5, 5.41) is 21.2. The van der Waals surface area contributed by atoms with E-state index in [1.54, 1.807) is 133 Å². The van der Waals surface area contributed by atoms with Crippen LogP contribution in [-0.4, -0.2) is 78.4 Å². The highest BCUT2D eigenvalue weighted by molar-refractivity contribution is 7.24. The molecule has 6 heterocycles. The summed E-state index contributed by atoms with van der Waals surface area (Å²) >= 11 is 2.04. The summed E-state index contributed by atoms with van der Waals surface area (Å²) < 4.78 is 25.9. The van der Waals surface area contributed by atoms with Gasteiger partial charge in [0.25, 0.3) is 23.6 Å². The van der Waals surface area contributed by atoms with Crippen molar-refractivity contribution in [3.63, 3.8) is 0 Å². The van der Waals surface area contributed by atoms with Crippen LogP contribution >= 0.6 is 22.7 Å². The number of carbonyl (C=O) groups excluding carboxylic acids is 8. The van der Waals surface area contributed by atoms with E-state index in [0.717, 1.165) is 22.7 Å². The van der Waals surface area contributed by atoms with Crippen LogP contribution in [0.5, 0.6) is 0 Å². The molecule has 11 rings (SSSR count). The van der Waals surface area contributed by atoms with Crippen molar-refractivity contribution >= 4 is 134 Å². The molecule has 0 radical (unpaired) electrons. The van der Waals surface area contributed by atoms with Gasteiger partial charge in [0.05, 0.1) is 31.5 Å². The number of aromatic nitrogens is 2. The maximum Gasteiger partial charge on any atom is 0.424 e. The van der Waals surface area contributed by atoms with Crippen LogP contribution in [0.2, 0.25) is 0 Å². The molecule has 82 heavy (non-hydrogen) atoms. The number of amides is 6. The molecule has 0 N–H and O–H groups in total. The standard InChI is InChI=1S/C60H38N8O12S2/c1-33-41(27-61)53(69)67(59(75)79-31-37-19-11-5-12-20-37)55(71)49(33)63-47-25-45-51(81-47)39-23-44-40(24-43(39)65(45)57(73)77-29-35-15-7-3-8-16-35)52-46(66(44)58(74)78-30-36-17-9-4-10-18-36)26-48(82-52)64-50-34(2)42(28-62)54(70)68(56(50)72)60(76)80-32-38-21-13-6-14-22-38/h3-26H,29-32H2,1-2H3/b63-49+,64-50+. The Balaban J connectivity index is 1.05. The average Bonchev–Trinajstić information content (AvgIpc) is 4.40. The Morgan fingerprint density at radius 3 is 1.05 bits per heavy atom. The van der Waals surface area contributed by atoms with Crippen LogP contribution in [0.3, 0.4) is 0 Å². The van der Waals surface area contributed by atoms with Crippen molar-refractivity contribution in [2.75, 3.05) is 0 Å². The molecule has 0 spiro atoms. The number of hydrogen-bond donors (Lipinski definition) is 0. The van der Waals surface area contributed by atoms with Crippen LogP contribution in [0.1, 0.15) is 36.1 Å². The normalized spacial score (nSPS) is 14.8. The summed E-state index contributed by atoms with van der Waals surface area (Å²) in [4.78, 5) is 121. The van der Waals surface area contributed by atoms with Gasteiger partial charge in [0, 0.05) is 21.9 Å². The average molecular weight is 1130 g/mol. The molecule has 402 valence electrons. The summed E-state index contributed by atoms with van der Waals surface area (Å²) in [6.45, 7) is 1.86. The number of carbonyl (C=O) groups is 8. The Labute approximate surface area is 471 Å². The summed E-state index contributed by atoms with van der Waals surface area (Å²) in [6.07, 6.45) is -4.31. The second-order valence-corrected chi connectivity index (χ2v) is 20.4. The molecule has 22 heteroatoms. The Morgan fingerprint density at radius 1 is 0.439 bits per heavy atom. The predicted octanol–water partition coefficient (Wildman–Crippen LogP) is 11.6. The van der Waals surface area contributed by atoms with Gasteiger partial charge in [-0.05, 0) is 60.4 Å². The first kappa shape index (κ1) is 53.1. The van der Waals surface area contributed by atoms with Crippen molar-refractivity contribution < 1.29 is 57.3 Å². The number of ether oxygens (including phenoxy) is 4. The minimum atomic E-state index is -1.32. The predicted molar refractivity (Wildman–Crippen MR) is 300 cm³/mol. The number of aliphatic imine (C=N–C) groups is 2. The Hall–Kier alpha value is -10.9. The van der Waals surface area contributed by atoms with Gasteiger partial charge >= 0.3 is 24.4 Å². The third-order valence-corrected chi connectivity index (χ3v) is 15.4. The highest BCUT2D eigenvalue weighted by Gasteiger charge is 2.43. The second-order valence-electron chi connectivity index (χ2n) is 18.4. The molecule has 0 fully saturated rings. The lowest BCUT2D eigenvalue weighted by atomic mass is 9.99. The Bertz CT molecular complexity index is 4160. The van der Waals surface area contributed by atoms with E-state index in [1.165, 1.54) is 35.1 Å². The number of benzene rings is 5. The molecule has 6 amide bonds. The van der Waals surface area contributed by atoms with Crippen molar-refractivity contribution in [1.82, 2.24) is 18.9 Å².